The number of aliphatic imine (C=N–C) groups is 1. The molecule has 8 rings (SSSR count). The number of hydrogen-bond acceptors (Lipinski definition) is 6. The maximum absolute atomic E-state index is 9.17. The van der Waals surface area contributed by atoms with Gasteiger partial charge in [0.1, 0.15) is 23.6 Å². The molecule has 2 unspecified atom stereocenters. The third kappa shape index (κ3) is 5.15. The lowest BCUT2D eigenvalue weighted by atomic mass is 10.0. The van der Waals surface area contributed by atoms with E-state index in [1.54, 1.807) is 0 Å². The Labute approximate surface area is 261 Å². The summed E-state index contributed by atoms with van der Waals surface area (Å²) in [6.45, 7) is 0. The highest BCUT2D eigenvalue weighted by Gasteiger charge is 2.29. The number of hydrogen-bond donors (Lipinski definition) is 0. The summed E-state index contributed by atoms with van der Waals surface area (Å²) in [4.78, 5) is 11.7. The minimum atomic E-state index is -0.0421. The van der Waals surface area contributed by atoms with Gasteiger partial charge in [0.2, 0.25) is 11.8 Å². The molecule has 4 aromatic carbocycles. The first-order valence-corrected chi connectivity index (χ1v) is 15.1. The van der Waals surface area contributed by atoms with Gasteiger partial charge in [-0.1, -0.05) is 48.6 Å². The lowest BCUT2D eigenvalue weighted by Gasteiger charge is -2.26. The van der Waals surface area contributed by atoms with Crippen molar-refractivity contribution in [1.29, 1.82) is 5.26 Å². The zero-order chi connectivity index (χ0) is 30.2. The second-order valence-electron chi connectivity index (χ2n) is 11.2. The number of aromatic nitrogens is 1. The fraction of sp³-hybridized carbons (Fsp3) is 0.103. The van der Waals surface area contributed by atoms with E-state index in [4.69, 9.17) is 19.1 Å². The molecule has 0 saturated carbocycles. The lowest BCUT2D eigenvalue weighted by molar-refractivity contribution is 0.255. The number of allylic oxidation sites excluding steroid dienone is 3. The van der Waals surface area contributed by atoms with Crippen LogP contribution in [0.4, 0.5) is 17.1 Å². The summed E-state index contributed by atoms with van der Waals surface area (Å²) in [6.07, 6.45) is 14.1. The van der Waals surface area contributed by atoms with E-state index in [-0.39, 0.29) is 12.1 Å². The summed E-state index contributed by atoms with van der Waals surface area (Å²) in [5, 5.41) is 9.17. The highest BCUT2D eigenvalue weighted by Crippen LogP contribution is 2.37. The molecule has 2 heterocycles. The van der Waals surface area contributed by atoms with Gasteiger partial charge in [0, 0.05) is 34.6 Å². The van der Waals surface area contributed by atoms with Gasteiger partial charge in [-0.3, -0.25) is 0 Å². The Bertz CT molecular complexity index is 2030. The van der Waals surface area contributed by atoms with E-state index in [1.165, 1.54) is 0 Å². The Morgan fingerprint density at radius 3 is 1.93 bits per heavy atom. The molecule has 6 nitrogen and oxygen atoms in total. The number of aryl methyl sites for hydroxylation is 1. The zero-order valence-corrected chi connectivity index (χ0v) is 24.4. The van der Waals surface area contributed by atoms with Crippen LogP contribution in [0.3, 0.4) is 0 Å². The largest absolute Gasteiger partial charge is 0.467 e. The quantitative estimate of drug-likeness (QED) is 0.199. The van der Waals surface area contributed by atoms with Gasteiger partial charge in [-0.15, -0.1) is 0 Å². The number of rotatable bonds is 6. The normalized spacial score (nSPS) is 17.6. The van der Waals surface area contributed by atoms with E-state index in [0.29, 0.717) is 17.4 Å². The Balaban J connectivity index is 1.13. The summed E-state index contributed by atoms with van der Waals surface area (Å²) >= 11 is 0. The molecule has 6 heteroatoms. The van der Waals surface area contributed by atoms with Gasteiger partial charge >= 0.3 is 0 Å². The molecule has 0 saturated heterocycles. The molecule has 0 amide bonds. The van der Waals surface area contributed by atoms with Crippen molar-refractivity contribution in [1.82, 2.24) is 4.98 Å². The van der Waals surface area contributed by atoms with Crippen LogP contribution in [0.5, 0.6) is 0 Å². The number of oxazole rings is 1. The van der Waals surface area contributed by atoms with E-state index in [9.17, 15) is 5.26 Å². The number of anilines is 3. The van der Waals surface area contributed by atoms with E-state index in [0.717, 1.165) is 63.6 Å². The molecule has 0 radical (unpaired) electrons. The van der Waals surface area contributed by atoms with Crippen molar-refractivity contribution in [3.05, 3.63) is 150 Å². The highest BCUT2D eigenvalue weighted by atomic mass is 16.5. The summed E-state index contributed by atoms with van der Waals surface area (Å²) < 4.78 is 12.2. The fourth-order valence-corrected chi connectivity index (χ4v) is 5.94. The van der Waals surface area contributed by atoms with Crippen molar-refractivity contribution >= 4 is 29.0 Å². The number of benzene rings is 4. The molecule has 216 valence electrons. The van der Waals surface area contributed by atoms with Gasteiger partial charge in [-0.05, 0) is 102 Å². The number of nitrogens with zero attached hydrogens (tertiary/aromatic N) is 4. The molecule has 45 heavy (non-hydrogen) atoms. The van der Waals surface area contributed by atoms with Crippen LogP contribution in [0.1, 0.15) is 29.0 Å². The van der Waals surface area contributed by atoms with Crippen LogP contribution in [0.25, 0.3) is 28.7 Å². The predicted molar refractivity (Wildman–Crippen MR) is 178 cm³/mol. The molecule has 2 atom stereocenters. The number of ether oxygens (including phenoxy) is 1. The average Bonchev–Trinajstić information content (AvgIpc) is 3.74. The molecule has 0 N–H and O–H groups in total. The van der Waals surface area contributed by atoms with Crippen LogP contribution in [0, 0.1) is 11.3 Å². The number of nitriles is 1. The molecule has 1 aromatic heterocycles. The minimum absolute atomic E-state index is 0.0273. The fourth-order valence-electron chi connectivity index (χ4n) is 5.94. The van der Waals surface area contributed by atoms with Crippen molar-refractivity contribution in [2.75, 3.05) is 4.90 Å². The van der Waals surface area contributed by atoms with Crippen molar-refractivity contribution in [2.24, 2.45) is 4.99 Å². The van der Waals surface area contributed by atoms with Crippen LogP contribution in [-0.4, -0.2) is 23.0 Å². The van der Waals surface area contributed by atoms with Crippen molar-refractivity contribution < 1.29 is 9.15 Å². The minimum Gasteiger partial charge on any atom is -0.467 e. The van der Waals surface area contributed by atoms with Gasteiger partial charge in [-0.2, -0.15) is 5.26 Å². The molecule has 5 aromatic rings. The van der Waals surface area contributed by atoms with E-state index in [1.807, 2.05) is 48.6 Å². The number of fused-ring (bicyclic) bond motifs is 2. The van der Waals surface area contributed by atoms with Crippen molar-refractivity contribution in [2.45, 2.75) is 25.0 Å². The molecule has 1 aliphatic heterocycles. The smallest absolute Gasteiger partial charge is 0.226 e. The topological polar surface area (TPSA) is 74.7 Å². The summed E-state index contributed by atoms with van der Waals surface area (Å²) in [5.74, 6) is 2.25. The molecule has 2 aliphatic carbocycles. The Kier molecular flexibility index (Phi) is 6.69. The monoisotopic (exact) mass is 584 g/mol. The van der Waals surface area contributed by atoms with Gasteiger partial charge in [0.25, 0.3) is 0 Å². The molecular weight excluding hydrogens is 556 g/mol. The third-order valence-corrected chi connectivity index (χ3v) is 8.33. The highest BCUT2D eigenvalue weighted by molar-refractivity contribution is 5.96. The molecule has 0 fully saturated rings. The molecule has 0 bridgehead atoms. The van der Waals surface area contributed by atoms with E-state index in [2.05, 4.69) is 95.9 Å². The second-order valence-corrected chi connectivity index (χ2v) is 11.2. The first-order chi connectivity index (χ1) is 22.2. The third-order valence-electron chi connectivity index (χ3n) is 8.33. The molecular formula is C39H28N4O2. The van der Waals surface area contributed by atoms with Gasteiger partial charge in [0.15, 0.2) is 0 Å². The predicted octanol–water partition coefficient (Wildman–Crippen LogP) is 8.95. The Morgan fingerprint density at radius 2 is 1.31 bits per heavy atom. The molecule has 3 aliphatic rings. The first-order valence-electron chi connectivity index (χ1n) is 15.1. The maximum atomic E-state index is 9.17. The first kappa shape index (κ1) is 26.7. The summed E-state index contributed by atoms with van der Waals surface area (Å²) in [5.41, 5.74) is 8.62. The van der Waals surface area contributed by atoms with Crippen LogP contribution in [0.2, 0.25) is 0 Å². The summed E-state index contributed by atoms with van der Waals surface area (Å²) in [7, 11) is 0. The SMILES string of the molecule is N#Cc1ccc(-c2ccc(N(c3ccc(C4=NC5C=CC=CC5O4)cc3)c3ccc(-c4nc5c(o4)CCC=C5)cc3)cc2)cc1. The van der Waals surface area contributed by atoms with Crippen molar-refractivity contribution in [3.8, 4) is 28.7 Å². The Morgan fingerprint density at radius 1 is 0.711 bits per heavy atom. The Hall–Kier alpha value is -5.93. The lowest BCUT2D eigenvalue weighted by Crippen LogP contribution is -2.19. The van der Waals surface area contributed by atoms with Gasteiger partial charge in [-0.25, -0.2) is 9.98 Å². The average molecular weight is 585 g/mol. The van der Waals surface area contributed by atoms with Crippen LogP contribution >= 0.6 is 0 Å². The summed E-state index contributed by atoms with van der Waals surface area (Å²) in [6, 6.07) is 35.0. The van der Waals surface area contributed by atoms with Gasteiger partial charge in [0.05, 0.1) is 11.6 Å². The molecule has 0 spiro atoms. The zero-order valence-electron chi connectivity index (χ0n) is 24.4. The van der Waals surface area contributed by atoms with Gasteiger partial charge < -0.3 is 14.1 Å². The van der Waals surface area contributed by atoms with Crippen LogP contribution in [0.15, 0.2) is 137 Å². The maximum Gasteiger partial charge on any atom is 0.226 e. The van der Waals surface area contributed by atoms with E-state index >= 15 is 0 Å². The second kappa shape index (κ2) is 11.3. The standard InChI is InChI=1S/C39H28N4O2/c40-25-26-9-11-27(12-10-26)28-13-19-31(20-14-28)43(32-21-15-29(16-22-32)38-41-34-5-1-3-7-36(34)44-38)33-23-17-30(18-24-33)39-42-35-6-2-4-8-37(35)45-39/h1-3,5-7,9-24,34,36H,4,8H2. The van der Waals surface area contributed by atoms with E-state index < -0.39 is 0 Å². The van der Waals surface area contributed by atoms with Crippen molar-refractivity contribution in [3.63, 3.8) is 0 Å². The van der Waals surface area contributed by atoms with Crippen LogP contribution < -0.4 is 4.90 Å². The van der Waals surface area contributed by atoms with Crippen LogP contribution in [-0.2, 0) is 11.2 Å².